The number of piperidine rings is 1. The highest BCUT2D eigenvalue weighted by atomic mass is 19.1. The van der Waals surface area contributed by atoms with E-state index < -0.39 is 5.82 Å². The zero-order valence-electron chi connectivity index (χ0n) is 11.8. The van der Waals surface area contributed by atoms with Crippen molar-refractivity contribution >= 4 is 11.7 Å². The fourth-order valence-corrected chi connectivity index (χ4v) is 2.68. The number of urea groups is 1. The highest BCUT2D eigenvalue weighted by Gasteiger charge is 2.23. The van der Waals surface area contributed by atoms with E-state index in [2.05, 4.69) is 22.9 Å². The molecule has 0 aromatic heterocycles. The van der Waals surface area contributed by atoms with Crippen molar-refractivity contribution in [1.29, 1.82) is 0 Å². The van der Waals surface area contributed by atoms with Crippen molar-refractivity contribution < 1.29 is 9.18 Å². The summed E-state index contributed by atoms with van der Waals surface area (Å²) in [5.74, 6) is 0.169. The standard InChI is InChI=1S/C15H22FN3O/c1-2-11-6-5-9-17-14(11)10-18-15(20)19-13-8-4-3-7-12(13)16/h3-4,7-8,11,14,17H,2,5-6,9-10H2,1H3,(H2,18,19,20). The minimum atomic E-state index is -0.426. The topological polar surface area (TPSA) is 53.2 Å². The summed E-state index contributed by atoms with van der Waals surface area (Å²) in [4.78, 5) is 11.8. The minimum absolute atomic E-state index is 0.202. The van der Waals surface area contributed by atoms with Gasteiger partial charge in [-0.3, -0.25) is 0 Å². The van der Waals surface area contributed by atoms with E-state index >= 15 is 0 Å². The molecule has 0 aliphatic carbocycles. The number of hydrogen-bond acceptors (Lipinski definition) is 2. The van der Waals surface area contributed by atoms with E-state index in [1.165, 1.54) is 18.9 Å². The van der Waals surface area contributed by atoms with Crippen molar-refractivity contribution in [1.82, 2.24) is 10.6 Å². The van der Waals surface area contributed by atoms with Crippen molar-refractivity contribution in [2.24, 2.45) is 5.92 Å². The van der Waals surface area contributed by atoms with Gasteiger partial charge >= 0.3 is 6.03 Å². The molecule has 1 saturated heterocycles. The lowest BCUT2D eigenvalue weighted by molar-refractivity contribution is 0.239. The summed E-state index contributed by atoms with van der Waals surface area (Å²) in [6.07, 6.45) is 3.50. The molecule has 0 radical (unpaired) electrons. The number of carbonyl (C=O) groups is 1. The van der Waals surface area contributed by atoms with E-state index in [0.29, 0.717) is 18.5 Å². The fourth-order valence-electron chi connectivity index (χ4n) is 2.68. The number of hydrogen-bond donors (Lipinski definition) is 3. The molecule has 2 atom stereocenters. The van der Waals surface area contributed by atoms with Gasteiger partial charge < -0.3 is 16.0 Å². The van der Waals surface area contributed by atoms with Gasteiger partial charge in [-0.2, -0.15) is 0 Å². The van der Waals surface area contributed by atoms with Crippen molar-refractivity contribution in [3.63, 3.8) is 0 Å². The highest BCUT2D eigenvalue weighted by Crippen LogP contribution is 2.19. The summed E-state index contributed by atoms with van der Waals surface area (Å²) in [7, 11) is 0. The molecule has 110 valence electrons. The third kappa shape index (κ3) is 3.93. The first-order valence-electron chi connectivity index (χ1n) is 7.23. The second-order valence-corrected chi connectivity index (χ2v) is 5.19. The van der Waals surface area contributed by atoms with E-state index in [-0.39, 0.29) is 11.7 Å². The smallest absolute Gasteiger partial charge is 0.319 e. The zero-order valence-corrected chi connectivity index (χ0v) is 11.8. The van der Waals surface area contributed by atoms with Gasteiger partial charge in [-0.25, -0.2) is 9.18 Å². The Kier molecular flexibility index (Phi) is 5.35. The molecule has 2 rings (SSSR count). The average molecular weight is 279 g/mol. The van der Waals surface area contributed by atoms with Gasteiger partial charge in [0, 0.05) is 12.6 Å². The van der Waals surface area contributed by atoms with E-state index in [4.69, 9.17) is 0 Å². The lowest BCUT2D eigenvalue weighted by atomic mass is 9.89. The molecule has 1 aliphatic rings. The van der Waals surface area contributed by atoms with Gasteiger partial charge in [0.15, 0.2) is 0 Å². The van der Waals surface area contributed by atoms with Crippen molar-refractivity contribution in [3.8, 4) is 0 Å². The summed E-state index contributed by atoms with van der Waals surface area (Å²) in [6.45, 7) is 3.74. The summed E-state index contributed by atoms with van der Waals surface area (Å²) in [6, 6.07) is 6.09. The van der Waals surface area contributed by atoms with E-state index in [0.717, 1.165) is 13.0 Å². The number of rotatable bonds is 4. The van der Waals surface area contributed by atoms with Gasteiger partial charge in [0.2, 0.25) is 0 Å². The quantitative estimate of drug-likeness (QED) is 0.793. The molecule has 0 spiro atoms. The Morgan fingerprint density at radius 1 is 1.45 bits per heavy atom. The first kappa shape index (κ1) is 14.8. The van der Waals surface area contributed by atoms with Crippen LogP contribution in [-0.2, 0) is 0 Å². The molecule has 20 heavy (non-hydrogen) atoms. The van der Waals surface area contributed by atoms with Crippen LogP contribution in [0.1, 0.15) is 26.2 Å². The van der Waals surface area contributed by atoms with E-state index in [9.17, 15) is 9.18 Å². The van der Waals surface area contributed by atoms with Gasteiger partial charge in [-0.15, -0.1) is 0 Å². The molecule has 0 saturated carbocycles. The fraction of sp³-hybridized carbons (Fsp3) is 0.533. The lowest BCUT2D eigenvalue weighted by Gasteiger charge is -2.32. The Morgan fingerprint density at radius 2 is 2.25 bits per heavy atom. The Bertz CT molecular complexity index is 452. The Labute approximate surface area is 119 Å². The monoisotopic (exact) mass is 279 g/mol. The average Bonchev–Trinajstić information content (AvgIpc) is 2.48. The van der Waals surface area contributed by atoms with Crippen LogP contribution in [0.3, 0.4) is 0 Å². The third-order valence-corrected chi connectivity index (χ3v) is 3.86. The van der Waals surface area contributed by atoms with Crippen LogP contribution in [-0.4, -0.2) is 25.2 Å². The first-order valence-corrected chi connectivity index (χ1v) is 7.23. The predicted molar refractivity (Wildman–Crippen MR) is 78.2 cm³/mol. The van der Waals surface area contributed by atoms with Crippen molar-refractivity contribution in [2.45, 2.75) is 32.2 Å². The maximum atomic E-state index is 13.4. The van der Waals surface area contributed by atoms with Crippen LogP contribution in [0.5, 0.6) is 0 Å². The first-order chi connectivity index (χ1) is 9.70. The predicted octanol–water partition coefficient (Wildman–Crippen LogP) is 2.73. The number of amides is 2. The maximum absolute atomic E-state index is 13.4. The Balaban J connectivity index is 1.81. The zero-order chi connectivity index (χ0) is 14.4. The van der Waals surface area contributed by atoms with E-state index in [1.807, 2.05) is 0 Å². The summed E-state index contributed by atoms with van der Waals surface area (Å²) < 4.78 is 13.4. The molecule has 3 N–H and O–H groups in total. The number of halogens is 1. The maximum Gasteiger partial charge on any atom is 0.319 e. The van der Waals surface area contributed by atoms with Crippen LogP contribution in [0.2, 0.25) is 0 Å². The summed E-state index contributed by atoms with van der Waals surface area (Å²) in [5, 5.41) is 8.78. The van der Waals surface area contributed by atoms with Crippen LogP contribution in [0.4, 0.5) is 14.9 Å². The highest BCUT2D eigenvalue weighted by molar-refractivity contribution is 5.89. The van der Waals surface area contributed by atoms with Gasteiger partial charge in [0.1, 0.15) is 5.82 Å². The second kappa shape index (κ2) is 7.24. The normalized spacial score (nSPS) is 22.3. The van der Waals surface area contributed by atoms with Gasteiger partial charge in [0.05, 0.1) is 5.69 Å². The molecule has 1 aromatic rings. The lowest BCUT2D eigenvalue weighted by Crippen LogP contribution is -2.49. The third-order valence-electron chi connectivity index (χ3n) is 3.86. The number of para-hydroxylation sites is 1. The van der Waals surface area contributed by atoms with Crippen LogP contribution in [0, 0.1) is 11.7 Å². The summed E-state index contributed by atoms with van der Waals surface area (Å²) >= 11 is 0. The Hall–Kier alpha value is -1.62. The van der Waals surface area contributed by atoms with Gasteiger partial charge in [-0.05, 0) is 37.4 Å². The molecule has 4 nitrogen and oxygen atoms in total. The molecular weight excluding hydrogens is 257 g/mol. The number of anilines is 1. The largest absolute Gasteiger partial charge is 0.336 e. The molecule has 2 unspecified atom stereocenters. The number of carbonyl (C=O) groups excluding carboxylic acids is 1. The molecule has 2 amide bonds. The molecule has 0 bridgehead atoms. The molecule has 5 heteroatoms. The molecule has 1 fully saturated rings. The summed E-state index contributed by atoms with van der Waals surface area (Å²) in [5.41, 5.74) is 0.202. The SMILES string of the molecule is CCC1CCCNC1CNC(=O)Nc1ccccc1F. The van der Waals surface area contributed by atoms with Crippen LogP contribution < -0.4 is 16.0 Å². The van der Waals surface area contributed by atoms with Crippen molar-refractivity contribution in [3.05, 3.63) is 30.1 Å². The Morgan fingerprint density at radius 3 is 3.00 bits per heavy atom. The van der Waals surface area contributed by atoms with Crippen LogP contribution in [0.15, 0.2) is 24.3 Å². The van der Waals surface area contributed by atoms with Crippen molar-refractivity contribution in [2.75, 3.05) is 18.4 Å². The van der Waals surface area contributed by atoms with Crippen LogP contribution in [0.25, 0.3) is 0 Å². The molecule has 1 heterocycles. The molecule has 1 aliphatic heterocycles. The molecular formula is C15H22FN3O. The number of nitrogens with one attached hydrogen (secondary N) is 3. The van der Waals surface area contributed by atoms with E-state index in [1.54, 1.807) is 18.2 Å². The van der Waals surface area contributed by atoms with Gasteiger partial charge in [0.25, 0.3) is 0 Å². The molecule has 1 aromatic carbocycles. The van der Waals surface area contributed by atoms with Crippen LogP contribution >= 0.6 is 0 Å². The second-order valence-electron chi connectivity index (χ2n) is 5.19. The minimum Gasteiger partial charge on any atom is -0.336 e. The number of benzene rings is 1. The van der Waals surface area contributed by atoms with Gasteiger partial charge in [-0.1, -0.05) is 25.5 Å².